The molecule has 0 amide bonds. The van der Waals surface area contributed by atoms with E-state index in [1.807, 2.05) is 6.07 Å². The summed E-state index contributed by atoms with van der Waals surface area (Å²) in [6.45, 7) is 4.81. The van der Waals surface area contributed by atoms with Gasteiger partial charge in [-0.15, -0.1) is 0 Å². The Morgan fingerprint density at radius 2 is 2.10 bits per heavy atom. The molecule has 0 aliphatic carbocycles. The van der Waals surface area contributed by atoms with Gasteiger partial charge in [0.1, 0.15) is 5.75 Å². The summed E-state index contributed by atoms with van der Waals surface area (Å²) in [6.07, 6.45) is 2.18. The lowest BCUT2D eigenvalue weighted by atomic mass is 9.78. The molecule has 1 aliphatic rings. The van der Waals surface area contributed by atoms with E-state index in [2.05, 4.69) is 11.8 Å². The van der Waals surface area contributed by atoms with Gasteiger partial charge in [0.15, 0.2) is 0 Å². The van der Waals surface area contributed by atoms with Gasteiger partial charge in [0.2, 0.25) is 0 Å². The molecule has 1 aromatic rings. The van der Waals surface area contributed by atoms with Crippen molar-refractivity contribution in [2.45, 2.75) is 31.9 Å². The predicted octanol–water partition coefficient (Wildman–Crippen LogP) is 0.376. The van der Waals surface area contributed by atoms with Crippen LogP contribution in [0.2, 0.25) is 0 Å². The zero-order chi connectivity index (χ0) is 15.5. The van der Waals surface area contributed by atoms with Crippen molar-refractivity contribution in [3.63, 3.8) is 0 Å². The number of hydrogen-bond acceptors (Lipinski definition) is 5. The Morgan fingerprint density at radius 1 is 1.33 bits per heavy atom. The fraction of sp³-hybridized carbons (Fsp3) is 0.600. The minimum atomic E-state index is -1.52. The minimum absolute atomic E-state index is 0.0932. The first kappa shape index (κ1) is 16.3. The molecular weight excluding hydrogens is 269 g/mol. The number of benzene rings is 1. The number of hydrogen-bond donors (Lipinski definition) is 2. The van der Waals surface area contributed by atoms with Gasteiger partial charge in [-0.1, -0.05) is 12.1 Å². The first-order valence-corrected chi connectivity index (χ1v) is 7.28. The van der Waals surface area contributed by atoms with Crippen LogP contribution >= 0.6 is 0 Å². The van der Waals surface area contributed by atoms with Crippen LogP contribution in [0, 0.1) is 0 Å². The number of rotatable bonds is 5. The van der Waals surface area contributed by atoms with Gasteiger partial charge >= 0.3 is 7.12 Å². The summed E-state index contributed by atoms with van der Waals surface area (Å²) in [5, 5.41) is 18.9. The summed E-state index contributed by atoms with van der Waals surface area (Å²) in [7, 11) is 1.76. The number of likely N-dealkylation sites (tertiary alicyclic amines) is 1. The molecular formula is C15H24BNO4. The van der Waals surface area contributed by atoms with Crippen molar-refractivity contribution in [2.75, 3.05) is 27.3 Å². The van der Waals surface area contributed by atoms with Gasteiger partial charge in [0.05, 0.1) is 12.7 Å². The van der Waals surface area contributed by atoms with Crippen LogP contribution in [0.15, 0.2) is 18.2 Å². The summed E-state index contributed by atoms with van der Waals surface area (Å²) >= 11 is 0. The summed E-state index contributed by atoms with van der Waals surface area (Å²) in [4.78, 5) is 2.34. The normalized spacial score (nSPS) is 23.1. The molecule has 0 aromatic heterocycles. The second-order valence-electron chi connectivity index (χ2n) is 5.92. The largest absolute Gasteiger partial charge is 0.497 e. The van der Waals surface area contributed by atoms with Gasteiger partial charge in [-0.2, -0.15) is 0 Å². The maximum Gasteiger partial charge on any atom is 0.492 e. The van der Waals surface area contributed by atoms with Crippen molar-refractivity contribution in [1.82, 2.24) is 4.90 Å². The second-order valence-corrected chi connectivity index (χ2v) is 5.92. The van der Waals surface area contributed by atoms with Crippen molar-refractivity contribution >= 4 is 12.6 Å². The maximum absolute atomic E-state index is 9.43. The van der Waals surface area contributed by atoms with Crippen LogP contribution in [0.4, 0.5) is 0 Å². The van der Waals surface area contributed by atoms with E-state index < -0.39 is 7.12 Å². The van der Waals surface area contributed by atoms with Crippen molar-refractivity contribution in [3.05, 3.63) is 23.8 Å². The lowest BCUT2D eigenvalue weighted by Gasteiger charge is -2.39. The summed E-state index contributed by atoms with van der Waals surface area (Å²) in [6, 6.07) is 5.54. The molecule has 1 unspecified atom stereocenters. The van der Waals surface area contributed by atoms with E-state index in [1.165, 1.54) is 7.11 Å². The third-order valence-electron chi connectivity index (χ3n) is 4.21. The monoisotopic (exact) mass is 293 g/mol. The Morgan fingerprint density at radius 3 is 2.71 bits per heavy atom. The van der Waals surface area contributed by atoms with Gasteiger partial charge in [-0.3, -0.25) is 4.90 Å². The molecule has 1 aromatic carbocycles. The van der Waals surface area contributed by atoms with Gasteiger partial charge < -0.3 is 19.5 Å². The molecule has 1 fully saturated rings. The first-order valence-electron chi connectivity index (χ1n) is 7.28. The topological polar surface area (TPSA) is 62.2 Å². The summed E-state index contributed by atoms with van der Waals surface area (Å²) < 4.78 is 10.8. The van der Waals surface area contributed by atoms with Crippen LogP contribution in [-0.4, -0.2) is 55.0 Å². The van der Waals surface area contributed by atoms with Gasteiger partial charge in [0.25, 0.3) is 0 Å². The highest BCUT2D eigenvalue weighted by molar-refractivity contribution is 6.59. The van der Waals surface area contributed by atoms with Crippen LogP contribution in [0.25, 0.3) is 0 Å². The molecule has 21 heavy (non-hydrogen) atoms. The number of ether oxygens (including phenoxy) is 2. The lowest BCUT2D eigenvalue weighted by Crippen LogP contribution is -2.47. The van der Waals surface area contributed by atoms with Crippen LogP contribution < -0.4 is 10.2 Å². The highest BCUT2D eigenvalue weighted by atomic mass is 16.5. The Balaban J connectivity index is 2.11. The molecule has 1 aliphatic heterocycles. The third-order valence-corrected chi connectivity index (χ3v) is 4.21. The van der Waals surface area contributed by atoms with Crippen molar-refractivity contribution in [1.29, 1.82) is 0 Å². The molecule has 6 heteroatoms. The van der Waals surface area contributed by atoms with E-state index in [-0.39, 0.29) is 5.60 Å². The Bertz CT molecular complexity index is 483. The van der Waals surface area contributed by atoms with Gasteiger partial charge in [0, 0.05) is 25.7 Å². The molecule has 1 heterocycles. The Labute approximate surface area is 126 Å². The van der Waals surface area contributed by atoms with E-state index in [1.54, 1.807) is 19.2 Å². The average molecular weight is 293 g/mol. The molecule has 0 spiro atoms. The zero-order valence-corrected chi connectivity index (χ0v) is 13.0. The van der Waals surface area contributed by atoms with E-state index >= 15 is 0 Å². The summed E-state index contributed by atoms with van der Waals surface area (Å²) in [5.74, 6) is 0.495. The van der Waals surface area contributed by atoms with Crippen LogP contribution in [-0.2, 0) is 11.3 Å². The number of nitrogens with zero attached hydrogens (tertiary/aromatic N) is 1. The van der Waals surface area contributed by atoms with Crippen molar-refractivity contribution < 1.29 is 19.5 Å². The number of methoxy groups -OCH3 is 2. The molecule has 2 rings (SSSR count). The molecule has 1 saturated heterocycles. The smallest absolute Gasteiger partial charge is 0.492 e. The SMILES string of the molecule is COc1ccc(CN2CCCC(C)(OC)C2)cc1B(O)O. The van der Waals surface area contributed by atoms with Crippen LogP contribution in [0.3, 0.4) is 0 Å². The van der Waals surface area contributed by atoms with Crippen LogP contribution in [0.1, 0.15) is 25.3 Å². The minimum Gasteiger partial charge on any atom is -0.497 e. The van der Waals surface area contributed by atoms with Crippen LogP contribution in [0.5, 0.6) is 5.75 Å². The fourth-order valence-corrected chi connectivity index (χ4v) is 2.95. The van der Waals surface area contributed by atoms with E-state index in [4.69, 9.17) is 9.47 Å². The lowest BCUT2D eigenvalue weighted by molar-refractivity contribution is -0.0527. The molecule has 0 radical (unpaired) electrons. The Hall–Kier alpha value is -1.08. The highest BCUT2D eigenvalue weighted by Crippen LogP contribution is 2.25. The van der Waals surface area contributed by atoms with E-state index in [0.29, 0.717) is 11.2 Å². The van der Waals surface area contributed by atoms with Crippen molar-refractivity contribution in [2.24, 2.45) is 0 Å². The molecule has 5 nitrogen and oxygen atoms in total. The van der Waals surface area contributed by atoms with Gasteiger partial charge in [-0.25, -0.2) is 0 Å². The van der Waals surface area contributed by atoms with E-state index in [0.717, 1.165) is 38.0 Å². The van der Waals surface area contributed by atoms with Crippen molar-refractivity contribution in [3.8, 4) is 5.75 Å². The standard InChI is InChI=1S/C15H24BNO4/c1-15(21-3)7-4-8-17(11-15)10-12-5-6-14(20-2)13(9-12)16(18)19/h5-6,9,18-19H,4,7-8,10-11H2,1-3H3. The zero-order valence-electron chi connectivity index (χ0n) is 13.0. The quantitative estimate of drug-likeness (QED) is 0.768. The molecule has 0 bridgehead atoms. The molecule has 1 atom stereocenters. The third kappa shape index (κ3) is 3.98. The maximum atomic E-state index is 9.43. The first-order chi connectivity index (χ1) is 9.97. The molecule has 2 N–H and O–H groups in total. The molecule has 116 valence electrons. The number of piperidine rings is 1. The predicted molar refractivity (Wildman–Crippen MR) is 82.7 cm³/mol. The highest BCUT2D eigenvalue weighted by Gasteiger charge is 2.30. The Kier molecular flexibility index (Phi) is 5.27. The average Bonchev–Trinajstić information content (AvgIpc) is 2.47. The summed E-state index contributed by atoms with van der Waals surface area (Å²) in [5.41, 5.74) is 1.35. The van der Waals surface area contributed by atoms with Gasteiger partial charge in [-0.05, 0) is 37.9 Å². The van der Waals surface area contributed by atoms with E-state index in [9.17, 15) is 10.0 Å². The molecule has 0 saturated carbocycles. The fourth-order valence-electron chi connectivity index (χ4n) is 2.95. The second kappa shape index (κ2) is 6.79.